The van der Waals surface area contributed by atoms with Gasteiger partial charge in [-0.1, -0.05) is 6.07 Å². The van der Waals surface area contributed by atoms with Gasteiger partial charge >= 0.3 is 5.97 Å². The van der Waals surface area contributed by atoms with Gasteiger partial charge in [-0.3, -0.25) is 4.98 Å². The van der Waals surface area contributed by atoms with Crippen LogP contribution in [0.1, 0.15) is 35.7 Å². The third-order valence-corrected chi connectivity index (χ3v) is 5.18. The van der Waals surface area contributed by atoms with E-state index in [-0.39, 0.29) is 23.9 Å². The normalized spacial score (nSPS) is 18.3. The monoisotopic (exact) mass is 394 g/mol. The number of benzene rings is 2. The van der Waals surface area contributed by atoms with E-state index >= 15 is 0 Å². The molecule has 0 amide bonds. The first-order chi connectivity index (χ1) is 14.1. The molecule has 4 rings (SSSR count). The average Bonchev–Trinajstić information content (AvgIpc) is 2.71. The molecule has 0 unspecified atom stereocenters. The Balaban J connectivity index is 1.31. The van der Waals surface area contributed by atoms with Crippen LogP contribution in [0.3, 0.4) is 0 Å². The van der Waals surface area contributed by atoms with Crippen LogP contribution in [0.15, 0.2) is 54.9 Å². The summed E-state index contributed by atoms with van der Waals surface area (Å²) < 4.78 is 25.3. The number of carbonyl (C=O) groups is 1. The molecule has 2 aromatic carbocycles. The van der Waals surface area contributed by atoms with E-state index < -0.39 is 0 Å². The lowest BCUT2D eigenvalue weighted by molar-refractivity contribution is 0.0523. The highest BCUT2D eigenvalue weighted by molar-refractivity contribution is 5.89. The molecule has 1 aliphatic rings. The lowest BCUT2D eigenvalue weighted by Crippen LogP contribution is -2.46. The van der Waals surface area contributed by atoms with Gasteiger partial charge in [0.15, 0.2) is 0 Å². The topological polar surface area (TPSA) is 60.5 Å². The number of carbonyl (C=O) groups excluding carboxylic acids is 1. The van der Waals surface area contributed by atoms with Crippen molar-refractivity contribution in [1.29, 1.82) is 0 Å². The highest BCUT2D eigenvalue weighted by atomic mass is 19.1. The van der Waals surface area contributed by atoms with Crippen LogP contribution in [-0.4, -0.2) is 29.7 Å². The quantitative estimate of drug-likeness (QED) is 0.607. The Hall–Kier alpha value is -2.99. The molecular formula is C23H23FN2O3. The zero-order valence-electron chi connectivity index (χ0n) is 16.2. The number of hydrogen-bond donors (Lipinski definition) is 1. The number of ether oxygens (including phenoxy) is 2. The summed E-state index contributed by atoms with van der Waals surface area (Å²) >= 11 is 0. The van der Waals surface area contributed by atoms with Gasteiger partial charge < -0.3 is 14.8 Å². The van der Waals surface area contributed by atoms with E-state index in [0.29, 0.717) is 30.0 Å². The third kappa shape index (κ3) is 4.38. The summed E-state index contributed by atoms with van der Waals surface area (Å²) in [5.41, 5.74) is 1.15. The number of nitrogens with one attached hydrogen (secondary N) is 1. The van der Waals surface area contributed by atoms with E-state index in [9.17, 15) is 9.18 Å². The van der Waals surface area contributed by atoms with Gasteiger partial charge in [0.2, 0.25) is 0 Å². The Morgan fingerprint density at radius 3 is 2.93 bits per heavy atom. The largest absolute Gasteiger partial charge is 0.490 e. The summed E-state index contributed by atoms with van der Waals surface area (Å²) in [7, 11) is 0. The molecule has 0 aliphatic heterocycles. The highest BCUT2D eigenvalue weighted by Crippen LogP contribution is 2.28. The Bertz CT molecular complexity index is 1020. The Morgan fingerprint density at radius 2 is 2.10 bits per heavy atom. The van der Waals surface area contributed by atoms with Gasteiger partial charge in [-0.05, 0) is 61.5 Å². The smallest absolute Gasteiger partial charge is 0.338 e. The average molecular weight is 394 g/mol. The maximum Gasteiger partial charge on any atom is 0.338 e. The summed E-state index contributed by atoms with van der Waals surface area (Å²) in [6.07, 6.45) is 5.17. The van der Waals surface area contributed by atoms with Gasteiger partial charge in [0, 0.05) is 35.9 Å². The van der Waals surface area contributed by atoms with Gasteiger partial charge in [0.1, 0.15) is 17.7 Å². The van der Waals surface area contributed by atoms with Crippen molar-refractivity contribution < 1.29 is 18.7 Å². The third-order valence-electron chi connectivity index (χ3n) is 5.18. The molecule has 0 atom stereocenters. The minimum absolute atomic E-state index is 0.0755. The first-order valence-electron chi connectivity index (χ1n) is 9.82. The summed E-state index contributed by atoms with van der Waals surface area (Å²) in [5, 5.41) is 5.23. The molecular weight excluding hydrogens is 371 g/mol. The fourth-order valence-corrected chi connectivity index (χ4v) is 3.56. The molecule has 0 radical (unpaired) electrons. The number of hydrogen-bond acceptors (Lipinski definition) is 5. The zero-order valence-corrected chi connectivity index (χ0v) is 16.2. The molecule has 0 spiro atoms. The molecule has 1 heterocycles. The minimum atomic E-state index is -0.349. The van der Waals surface area contributed by atoms with Crippen LogP contribution in [0.2, 0.25) is 0 Å². The molecule has 0 bridgehead atoms. The van der Waals surface area contributed by atoms with Crippen molar-refractivity contribution in [3.05, 3.63) is 71.8 Å². The van der Waals surface area contributed by atoms with Gasteiger partial charge in [-0.25, -0.2) is 9.18 Å². The van der Waals surface area contributed by atoms with Crippen molar-refractivity contribution in [2.24, 2.45) is 0 Å². The van der Waals surface area contributed by atoms with Crippen LogP contribution in [-0.2, 0) is 11.3 Å². The summed E-state index contributed by atoms with van der Waals surface area (Å²) in [4.78, 5) is 15.9. The Morgan fingerprint density at radius 1 is 1.24 bits per heavy atom. The van der Waals surface area contributed by atoms with Gasteiger partial charge in [0.25, 0.3) is 0 Å². The second-order valence-corrected chi connectivity index (χ2v) is 7.16. The molecule has 1 N–H and O–H groups in total. The fourth-order valence-electron chi connectivity index (χ4n) is 3.56. The number of fused-ring (bicyclic) bond motifs is 1. The van der Waals surface area contributed by atoms with E-state index in [1.807, 2.05) is 12.1 Å². The molecule has 1 fully saturated rings. The summed E-state index contributed by atoms with van der Waals surface area (Å²) in [6, 6.07) is 12.4. The van der Waals surface area contributed by atoms with Gasteiger partial charge in [0.05, 0.1) is 12.2 Å². The maximum absolute atomic E-state index is 14.3. The molecule has 1 saturated carbocycles. The second kappa shape index (κ2) is 8.57. The van der Waals surface area contributed by atoms with Crippen molar-refractivity contribution in [3.8, 4) is 5.75 Å². The predicted octanol–water partition coefficient (Wildman–Crippen LogP) is 4.25. The fraction of sp³-hybridized carbons (Fsp3) is 0.304. The Labute approximate surface area is 168 Å². The number of esters is 1. The predicted molar refractivity (Wildman–Crippen MR) is 108 cm³/mol. The zero-order chi connectivity index (χ0) is 20.2. The van der Waals surface area contributed by atoms with Crippen molar-refractivity contribution in [1.82, 2.24) is 10.3 Å². The van der Waals surface area contributed by atoms with Gasteiger partial charge in [-0.15, -0.1) is 0 Å². The van der Waals surface area contributed by atoms with Crippen molar-refractivity contribution in [3.63, 3.8) is 0 Å². The van der Waals surface area contributed by atoms with Crippen molar-refractivity contribution >= 4 is 16.7 Å². The van der Waals surface area contributed by atoms with Crippen LogP contribution in [0.5, 0.6) is 5.75 Å². The molecule has 6 heteroatoms. The Kier molecular flexibility index (Phi) is 5.71. The van der Waals surface area contributed by atoms with Crippen molar-refractivity contribution in [2.75, 3.05) is 6.61 Å². The molecule has 1 aromatic heterocycles. The van der Waals surface area contributed by atoms with Crippen LogP contribution in [0, 0.1) is 5.82 Å². The molecule has 0 saturated heterocycles. The summed E-state index contributed by atoms with van der Waals surface area (Å²) in [6.45, 7) is 2.58. The SMILES string of the molecule is CCOC(=O)c1cccc(O[C@H]2C[C@H](NCc3c(F)ccc4cnccc34)C2)c1. The van der Waals surface area contributed by atoms with Crippen molar-refractivity contribution in [2.45, 2.75) is 38.5 Å². The van der Waals surface area contributed by atoms with Gasteiger partial charge in [-0.2, -0.15) is 0 Å². The van der Waals surface area contributed by atoms with Crippen LogP contribution >= 0.6 is 0 Å². The minimum Gasteiger partial charge on any atom is -0.490 e. The van der Waals surface area contributed by atoms with E-state index in [1.54, 1.807) is 43.6 Å². The first-order valence-corrected chi connectivity index (χ1v) is 9.82. The number of rotatable bonds is 7. The standard InChI is InChI=1S/C23H23FN2O3/c1-2-28-23(27)15-4-3-5-18(10-15)29-19-11-17(12-19)26-14-21-20-8-9-25-13-16(20)6-7-22(21)24/h3-10,13,17,19,26H,2,11-12,14H2,1H3/t17-,19-. The highest BCUT2D eigenvalue weighted by Gasteiger charge is 2.30. The molecule has 1 aliphatic carbocycles. The number of halogens is 1. The van der Waals surface area contributed by atoms with E-state index in [2.05, 4.69) is 10.3 Å². The number of pyridine rings is 1. The molecule has 150 valence electrons. The number of aromatic nitrogens is 1. The lowest BCUT2D eigenvalue weighted by atomic mass is 9.89. The summed E-state index contributed by atoms with van der Waals surface area (Å²) in [5.74, 6) is 0.101. The van der Waals surface area contributed by atoms with E-state index in [1.165, 1.54) is 6.07 Å². The van der Waals surface area contributed by atoms with E-state index in [4.69, 9.17) is 9.47 Å². The second-order valence-electron chi connectivity index (χ2n) is 7.16. The molecule has 5 nitrogen and oxygen atoms in total. The molecule has 3 aromatic rings. The van der Waals surface area contributed by atoms with Crippen LogP contribution < -0.4 is 10.1 Å². The van der Waals surface area contributed by atoms with Crippen LogP contribution in [0.25, 0.3) is 10.8 Å². The number of nitrogens with zero attached hydrogens (tertiary/aromatic N) is 1. The van der Waals surface area contributed by atoms with Crippen LogP contribution in [0.4, 0.5) is 4.39 Å². The molecule has 29 heavy (non-hydrogen) atoms. The lowest BCUT2D eigenvalue weighted by Gasteiger charge is -2.36. The maximum atomic E-state index is 14.3. The van der Waals surface area contributed by atoms with E-state index in [0.717, 1.165) is 23.6 Å². The first kappa shape index (κ1) is 19.3.